The minimum Gasteiger partial charge on any atom is -0.352 e. The molecule has 9 heteroatoms. The number of amides is 2. The molecule has 228 valence electrons. The molecule has 0 heterocycles. The monoisotopic (exact) mass is 673 g/mol. The summed E-state index contributed by atoms with van der Waals surface area (Å²) in [5, 5.41) is 3.20. The normalized spacial score (nSPS) is 14.1. The number of hydrogen-bond acceptors (Lipinski definition) is 4. The van der Waals surface area contributed by atoms with E-state index in [1.165, 1.54) is 12.1 Å². The predicted octanol–water partition coefficient (Wildman–Crippen LogP) is 6.34. The van der Waals surface area contributed by atoms with Crippen LogP contribution in [0.1, 0.15) is 36.8 Å². The van der Waals surface area contributed by atoms with Crippen LogP contribution in [-0.2, 0) is 32.6 Å². The molecule has 0 bridgehead atoms. The Balaban J connectivity index is 1.54. The number of benzene rings is 4. The SMILES string of the molecule is O=C(NC1CCCC1)C(Cc1ccccc1)N(Cc1ccccc1)C(=O)CN(c1ccc(Br)cc1)S(=O)(=O)c1ccccc1. The number of halogens is 1. The first kappa shape index (κ1) is 31.5. The van der Waals surface area contributed by atoms with E-state index in [1.807, 2.05) is 60.7 Å². The van der Waals surface area contributed by atoms with Crippen molar-refractivity contribution >= 4 is 43.5 Å². The molecule has 1 N–H and O–H groups in total. The lowest BCUT2D eigenvalue weighted by Crippen LogP contribution is -2.54. The van der Waals surface area contributed by atoms with Crippen LogP contribution in [0.25, 0.3) is 0 Å². The number of carbonyl (C=O) groups excluding carboxylic acids is 2. The molecular formula is C35H36BrN3O4S. The van der Waals surface area contributed by atoms with E-state index in [0.29, 0.717) is 12.1 Å². The molecule has 2 amide bonds. The van der Waals surface area contributed by atoms with Gasteiger partial charge in [0.15, 0.2) is 0 Å². The zero-order valence-electron chi connectivity index (χ0n) is 24.4. The second-order valence-electron chi connectivity index (χ2n) is 11.0. The van der Waals surface area contributed by atoms with Crippen molar-refractivity contribution in [2.75, 3.05) is 10.8 Å². The molecule has 44 heavy (non-hydrogen) atoms. The van der Waals surface area contributed by atoms with Crippen molar-refractivity contribution < 1.29 is 18.0 Å². The van der Waals surface area contributed by atoms with Crippen LogP contribution in [0.2, 0.25) is 0 Å². The molecule has 1 atom stereocenters. The highest BCUT2D eigenvalue weighted by Crippen LogP contribution is 2.27. The number of carbonyl (C=O) groups is 2. The maximum atomic E-state index is 14.5. The van der Waals surface area contributed by atoms with Gasteiger partial charge in [-0.2, -0.15) is 0 Å². The fourth-order valence-electron chi connectivity index (χ4n) is 5.56. The number of nitrogens with one attached hydrogen (secondary N) is 1. The summed E-state index contributed by atoms with van der Waals surface area (Å²) in [6.45, 7) is -0.331. The molecular weight excluding hydrogens is 638 g/mol. The summed E-state index contributed by atoms with van der Waals surface area (Å²) in [6, 6.07) is 33.2. The van der Waals surface area contributed by atoms with E-state index in [0.717, 1.165) is 45.6 Å². The van der Waals surface area contributed by atoms with Crippen LogP contribution in [-0.4, -0.2) is 43.8 Å². The molecule has 1 aliphatic carbocycles. The Labute approximate surface area is 268 Å². The number of sulfonamides is 1. The summed E-state index contributed by atoms with van der Waals surface area (Å²) >= 11 is 3.42. The molecule has 1 saturated carbocycles. The summed E-state index contributed by atoms with van der Waals surface area (Å²) in [5.74, 6) is -0.704. The first-order valence-electron chi connectivity index (χ1n) is 14.8. The highest BCUT2D eigenvalue weighted by molar-refractivity contribution is 9.10. The van der Waals surface area contributed by atoms with Gasteiger partial charge in [-0.1, -0.05) is 108 Å². The largest absolute Gasteiger partial charge is 0.352 e. The number of nitrogens with zero attached hydrogens (tertiary/aromatic N) is 2. The second kappa shape index (κ2) is 14.7. The molecule has 1 aliphatic rings. The fraction of sp³-hybridized carbons (Fsp3) is 0.257. The third kappa shape index (κ3) is 7.95. The highest BCUT2D eigenvalue weighted by atomic mass is 79.9. The number of rotatable bonds is 12. The van der Waals surface area contributed by atoms with E-state index in [-0.39, 0.29) is 23.4 Å². The van der Waals surface area contributed by atoms with Gasteiger partial charge in [0.25, 0.3) is 10.0 Å². The van der Waals surface area contributed by atoms with Crippen molar-refractivity contribution in [1.29, 1.82) is 0 Å². The maximum Gasteiger partial charge on any atom is 0.264 e. The van der Waals surface area contributed by atoms with E-state index >= 15 is 0 Å². The van der Waals surface area contributed by atoms with Crippen LogP contribution in [0.4, 0.5) is 5.69 Å². The molecule has 0 aromatic heterocycles. The Morgan fingerprint density at radius 1 is 0.773 bits per heavy atom. The van der Waals surface area contributed by atoms with Crippen molar-refractivity contribution in [1.82, 2.24) is 10.2 Å². The van der Waals surface area contributed by atoms with Crippen molar-refractivity contribution in [3.05, 3.63) is 131 Å². The van der Waals surface area contributed by atoms with Crippen LogP contribution in [0, 0.1) is 0 Å². The molecule has 0 aliphatic heterocycles. The van der Waals surface area contributed by atoms with Gasteiger partial charge >= 0.3 is 0 Å². The van der Waals surface area contributed by atoms with Crippen LogP contribution >= 0.6 is 15.9 Å². The molecule has 5 rings (SSSR count). The average Bonchev–Trinajstić information content (AvgIpc) is 3.56. The van der Waals surface area contributed by atoms with Gasteiger partial charge < -0.3 is 10.2 Å². The van der Waals surface area contributed by atoms with Gasteiger partial charge in [-0.3, -0.25) is 13.9 Å². The quantitative estimate of drug-likeness (QED) is 0.190. The van der Waals surface area contributed by atoms with Crippen molar-refractivity contribution in [3.63, 3.8) is 0 Å². The van der Waals surface area contributed by atoms with E-state index in [2.05, 4.69) is 21.2 Å². The zero-order chi connectivity index (χ0) is 30.9. The Hall–Kier alpha value is -3.95. The molecule has 4 aromatic rings. The Morgan fingerprint density at radius 3 is 1.91 bits per heavy atom. The molecule has 0 saturated heterocycles. The van der Waals surface area contributed by atoms with Gasteiger partial charge in [-0.25, -0.2) is 8.42 Å². The lowest BCUT2D eigenvalue weighted by molar-refractivity contribution is -0.140. The summed E-state index contributed by atoms with van der Waals surface area (Å²) in [4.78, 5) is 30.1. The van der Waals surface area contributed by atoms with Gasteiger partial charge in [0.05, 0.1) is 10.6 Å². The highest BCUT2D eigenvalue weighted by Gasteiger charge is 2.35. The van der Waals surface area contributed by atoms with Crippen LogP contribution in [0.3, 0.4) is 0 Å². The van der Waals surface area contributed by atoms with Gasteiger partial charge in [-0.15, -0.1) is 0 Å². The second-order valence-corrected chi connectivity index (χ2v) is 13.8. The van der Waals surface area contributed by atoms with Gasteiger partial charge in [-0.05, 0) is 60.4 Å². The van der Waals surface area contributed by atoms with E-state index < -0.39 is 28.5 Å². The molecule has 4 aromatic carbocycles. The minimum atomic E-state index is -4.12. The van der Waals surface area contributed by atoms with Crippen molar-refractivity contribution in [3.8, 4) is 0 Å². The summed E-state index contributed by atoms with van der Waals surface area (Å²) < 4.78 is 30.0. The van der Waals surface area contributed by atoms with E-state index in [9.17, 15) is 18.0 Å². The standard InChI is InChI=1S/C35H36BrN3O4S/c36-29-20-22-31(23-21-29)39(44(42,43)32-18-8-3-9-19-32)26-34(40)38(25-28-14-6-2-7-15-28)33(24-27-12-4-1-5-13-27)35(41)37-30-16-10-11-17-30/h1-9,12-15,18-23,30,33H,10-11,16-17,24-26H2,(H,37,41). The van der Waals surface area contributed by atoms with E-state index in [4.69, 9.17) is 0 Å². The van der Waals surface area contributed by atoms with Gasteiger partial charge in [0.1, 0.15) is 12.6 Å². The molecule has 7 nitrogen and oxygen atoms in total. The van der Waals surface area contributed by atoms with Crippen molar-refractivity contribution in [2.24, 2.45) is 0 Å². The summed E-state index contributed by atoms with van der Waals surface area (Å²) in [7, 11) is -4.12. The van der Waals surface area contributed by atoms with E-state index in [1.54, 1.807) is 47.4 Å². The van der Waals surface area contributed by atoms with Crippen LogP contribution < -0.4 is 9.62 Å². The van der Waals surface area contributed by atoms with Crippen LogP contribution in [0.5, 0.6) is 0 Å². The summed E-state index contributed by atoms with van der Waals surface area (Å²) in [5.41, 5.74) is 2.10. The Bertz CT molecular complexity index is 1630. The molecule has 1 fully saturated rings. The topological polar surface area (TPSA) is 86.8 Å². The lowest BCUT2D eigenvalue weighted by atomic mass is 10.0. The Kier molecular flexibility index (Phi) is 10.5. The Morgan fingerprint density at radius 2 is 1.32 bits per heavy atom. The first-order chi connectivity index (χ1) is 21.3. The minimum absolute atomic E-state index is 0.0622. The lowest BCUT2D eigenvalue weighted by Gasteiger charge is -2.34. The number of anilines is 1. The maximum absolute atomic E-state index is 14.5. The fourth-order valence-corrected chi connectivity index (χ4v) is 7.26. The van der Waals surface area contributed by atoms with Crippen LogP contribution in [0.15, 0.2) is 125 Å². The third-order valence-corrected chi connectivity index (χ3v) is 10.2. The van der Waals surface area contributed by atoms with Crippen molar-refractivity contribution in [2.45, 2.75) is 55.6 Å². The summed E-state index contributed by atoms with van der Waals surface area (Å²) in [6.07, 6.45) is 4.22. The first-order valence-corrected chi connectivity index (χ1v) is 17.1. The zero-order valence-corrected chi connectivity index (χ0v) is 26.8. The number of hydrogen-bond donors (Lipinski definition) is 1. The molecule has 0 spiro atoms. The third-order valence-electron chi connectivity index (χ3n) is 7.89. The molecule has 0 radical (unpaired) electrons. The average molecular weight is 675 g/mol. The predicted molar refractivity (Wildman–Crippen MR) is 176 cm³/mol. The molecule has 1 unspecified atom stereocenters. The van der Waals surface area contributed by atoms with Gasteiger partial charge in [0, 0.05) is 23.5 Å². The smallest absolute Gasteiger partial charge is 0.264 e. The van der Waals surface area contributed by atoms with Gasteiger partial charge in [0.2, 0.25) is 11.8 Å².